The number of hydrogen-bond acceptors (Lipinski definition) is 6. The van der Waals surface area contributed by atoms with Crippen LogP contribution in [0.2, 0.25) is 0 Å². The van der Waals surface area contributed by atoms with Gasteiger partial charge in [-0.15, -0.1) is 0 Å². The van der Waals surface area contributed by atoms with E-state index < -0.39 is 11.9 Å². The summed E-state index contributed by atoms with van der Waals surface area (Å²) in [6.45, 7) is 0.522. The first-order valence-electron chi connectivity index (χ1n) is 7.00. The fourth-order valence-corrected chi connectivity index (χ4v) is 2.66. The lowest BCUT2D eigenvalue weighted by Crippen LogP contribution is -2.32. The van der Waals surface area contributed by atoms with Crippen LogP contribution in [0.3, 0.4) is 0 Å². The number of hydrogen-bond donors (Lipinski definition) is 2. The lowest BCUT2D eigenvalue weighted by Gasteiger charge is -2.28. The van der Waals surface area contributed by atoms with E-state index in [2.05, 4.69) is 20.0 Å². The van der Waals surface area contributed by atoms with Crippen LogP contribution < -0.4 is 5.32 Å². The summed E-state index contributed by atoms with van der Waals surface area (Å²) in [6.07, 6.45) is 5.09. The minimum atomic E-state index is -0.737. The van der Waals surface area contributed by atoms with Crippen molar-refractivity contribution in [3.63, 3.8) is 0 Å². The maximum atomic E-state index is 11.4. The first-order chi connectivity index (χ1) is 10.1. The fraction of sp³-hybridized carbons (Fsp3) is 0.571. The molecule has 0 radical (unpaired) electrons. The van der Waals surface area contributed by atoms with Gasteiger partial charge in [0.05, 0.1) is 13.0 Å². The molecule has 7 nitrogen and oxygen atoms in total. The highest BCUT2D eigenvalue weighted by Crippen LogP contribution is 2.30. The van der Waals surface area contributed by atoms with Crippen LogP contribution >= 0.6 is 0 Å². The normalized spacial score (nSPS) is 21.6. The van der Waals surface area contributed by atoms with Gasteiger partial charge in [-0.25, -0.2) is 14.8 Å². The highest BCUT2D eigenvalue weighted by Gasteiger charge is 2.30. The van der Waals surface area contributed by atoms with Crippen LogP contribution in [0.15, 0.2) is 12.3 Å². The summed E-state index contributed by atoms with van der Waals surface area (Å²) < 4.78 is 4.56. The van der Waals surface area contributed by atoms with Gasteiger partial charge in [-0.3, -0.25) is 4.79 Å². The average Bonchev–Trinajstić information content (AvgIpc) is 2.52. The highest BCUT2D eigenvalue weighted by atomic mass is 16.5. The molecule has 2 rings (SSSR count). The molecule has 2 atom stereocenters. The van der Waals surface area contributed by atoms with Gasteiger partial charge in [0.15, 0.2) is 0 Å². The Morgan fingerprint density at radius 2 is 2.19 bits per heavy atom. The van der Waals surface area contributed by atoms with Crippen LogP contribution in [-0.4, -0.2) is 40.7 Å². The van der Waals surface area contributed by atoms with Crippen molar-refractivity contribution in [3.05, 3.63) is 18.1 Å². The van der Waals surface area contributed by atoms with Crippen molar-refractivity contribution in [1.29, 1.82) is 0 Å². The van der Waals surface area contributed by atoms with Gasteiger partial charge in [0, 0.05) is 12.7 Å². The molecular formula is C14H19N3O4. The Labute approximate surface area is 122 Å². The van der Waals surface area contributed by atoms with Crippen LogP contribution in [0.4, 0.5) is 5.82 Å². The van der Waals surface area contributed by atoms with E-state index in [1.54, 1.807) is 6.07 Å². The van der Waals surface area contributed by atoms with E-state index in [1.807, 2.05) is 0 Å². The molecule has 1 aliphatic carbocycles. The second kappa shape index (κ2) is 7.01. The van der Waals surface area contributed by atoms with E-state index in [0.29, 0.717) is 12.4 Å². The molecule has 0 spiro atoms. The van der Waals surface area contributed by atoms with E-state index in [1.165, 1.54) is 13.3 Å². The number of nitrogens with one attached hydrogen (secondary N) is 1. The number of carboxylic acids is 1. The van der Waals surface area contributed by atoms with Gasteiger partial charge in [0.2, 0.25) is 5.82 Å². The predicted molar refractivity (Wildman–Crippen MR) is 74.9 cm³/mol. The van der Waals surface area contributed by atoms with E-state index in [9.17, 15) is 14.7 Å². The van der Waals surface area contributed by atoms with Crippen LogP contribution in [0.25, 0.3) is 0 Å². The number of anilines is 1. The van der Waals surface area contributed by atoms with Gasteiger partial charge in [0.25, 0.3) is 0 Å². The molecule has 1 aliphatic rings. The smallest absolute Gasteiger partial charge is 0.376 e. The van der Waals surface area contributed by atoms with E-state index in [4.69, 9.17) is 0 Å². The molecule has 1 aromatic rings. The van der Waals surface area contributed by atoms with Crippen molar-refractivity contribution >= 4 is 17.8 Å². The molecule has 0 aliphatic heterocycles. The second-order valence-electron chi connectivity index (χ2n) is 5.13. The third-order valence-corrected chi connectivity index (χ3v) is 3.80. The minimum absolute atomic E-state index is 0.0130. The van der Waals surface area contributed by atoms with E-state index in [-0.39, 0.29) is 17.7 Å². The Morgan fingerprint density at radius 1 is 1.43 bits per heavy atom. The molecule has 1 aromatic heterocycles. The summed E-state index contributed by atoms with van der Waals surface area (Å²) in [6, 6.07) is 1.64. The Balaban J connectivity index is 1.98. The third kappa shape index (κ3) is 3.90. The van der Waals surface area contributed by atoms with Gasteiger partial charge in [-0.1, -0.05) is 12.8 Å². The molecule has 0 saturated heterocycles. The zero-order valence-corrected chi connectivity index (χ0v) is 11.9. The number of carbonyl (C=O) groups is 2. The molecule has 1 heterocycles. The molecule has 2 unspecified atom stereocenters. The van der Waals surface area contributed by atoms with Crippen LogP contribution in [0, 0.1) is 11.8 Å². The Kier molecular flexibility index (Phi) is 5.08. The number of esters is 1. The summed E-state index contributed by atoms with van der Waals surface area (Å²) in [5.74, 6) is -1.08. The van der Waals surface area contributed by atoms with Gasteiger partial charge in [-0.2, -0.15) is 0 Å². The zero-order valence-electron chi connectivity index (χ0n) is 11.9. The number of methoxy groups -OCH3 is 1. The van der Waals surface area contributed by atoms with Crippen LogP contribution in [0.5, 0.6) is 0 Å². The number of ether oxygens (including phenoxy) is 1. The number of aliphatic carboxylic acids is 1. The maximum absolute atomic E-state index is 11.4. The van der Waals surface area contributed by atoms with Crippen LogP contribution in [-0.2, 0) is 9.53 Å². The first-order valence-corrected chi connectivity index (χ1v) is 7.00. The summed E-state index contributed by atoms with van der Waals surface area (Å²) in [5, 5.41) is 12.3. The third-order valence-electron chi connectivity index (χ3n) is 3.80. The molecule has 0 aromatic carbocycles. The fourth-order valence-electron chi connectivity index (χ4n) is 2.66. The molecule has 2 N–H and O–H groups in total. The molecule has 1 saturated carbocycles. The van der Waals surface area contributed by atoms with Crippen molar-refractivity contribution in [2.24, 2.45) is 11.8 Å². The van der Waals surface area contributed by atoms with E-state index in [0.717, 1.165) is 25.7 Å². The Hall–Kier alpha value is -2.18. The lowest BCUT2D eigenvalue weighted by molar-refractivity contribution is -0.144. The molecule has 1 fully saturated rings. The second-order valence-corrected chi connectivity index (χ2v) is 5.13. The predicted octanol–water partition coefficient (Wildman–Crippen LogP) is 1.57. The minimum Gasteiger partial charge on any atom is -0.481 e. The molecule has 7 heteroatoms. The summed E-state index contributed by atoms with van der Waals surface area (Å²) in [5.41, 5.74) is 0. The molecule has 21 heavy (non-hydrogen) atoms. The van der Waals surface area contributed by atoms with Crippen molar-refractivity contribution < 1.29 is 19.4 Å². The van der Waals surface area contributed by atoms with Crippen molar-refractivity contribution in [2.75, 3.05) is 19.0 Å². The van der Waals surface area contributed by atoms with Gasteiger partial charge in [-0.05, 0) is 24.8 Å². The topological polar surface area (TPSA) is 101 Å². The standard InChI is InChI=1S/C14H19N3O4/c1-21-14(20)12-15-7-6-11(17-12)16-8-9-4-2-3-5-10(9)13(18)19/h6-7,9-10H,2-5,8H2,1H3,(H,18,19)(H,15,16,17). The molecule has 0 amide bonds. The van der Waals surface area contributed by atoms with Gasteiger partial charge >= 0.3 is 11.9 Å². The first kappa shape index (κ1) is 15.2. The van der Waals surface area contributed by atoms with E-state index >= 15 is 0 Å². The number of aromatic nitrogens is 2. The molecule has 114 valence electrons. The zero-order chi connectivity index (χ0) is 15.2. The maximum Gasteiger partial charge on any atom is 0.376 e. The largest absolute Gasteiger partial charge is 0.481 e. The quantitative estimate of drug-likeness (QED) is 0.794. The van der Waals surface area contributed by atoms with Crippen molar-refractivity contribution in [3.8, 4) is 0 Å². The SMILES string of the molecule is COC(=O)c1nccc(NCC2CCCCC2C(=O)O)n1. The summed E-state index contributed by atoms with van der Waals surface area (Å²) in [7, 11) is 1.27. The number of carbonyl (C=O) groups excluding carboxylic acids is 1. The average molecular weight is 293 g/mol. The lowest BCUT2D eigenvalue weighted by atomic mass is 9.79. The van der Waals surface area contributed by atoms with Crippen LogP contribution in [0.1, 0.15) is 36.3 Å². The Morgan fingerprint density at radius 3 is 2.90 bits per heavy atom. The summed E-state index contributed by atoms with van der Waals surface area (Å²) >= 11 is 0. The molecule has 0 bridgehead atoms. The molecular weight excluding hydrogens is 274 g/mol. The monoisotopic (exact) mass is 293 g/mol. The number of nitrogens with zero attached hydrogens (tertiary/aromatic N) is 2. The van der Waals surface area contributed by atoms with Crippen molar-refractivity contribution in [2.45, 2.75) is 25.7 Å². The Bertz CT molecular complexity index is 521. The van der Waals surface area contributed by atoms with Gasteiger partial charge in [0.1, 0.15) is 5.82 Å². The number of rotatable bonds is 5. The van der Waals surface area contributed by atoms with Crippen molar-refractivity contribution in [1.82, 2.24) is 9.97 Å². The highest BCUT2D eigenvalue weighted by molar-refractivity contribution is 5.85. The summed E-state index contributed by atoms with van der Waals surface area (Å²) in [4.78, 5) is 30.5. The number of carboxylic acid groups (broad SMARTS) is 1. The van der Waals surface area contributed by atoms with Gasteiger partial charge < -0.3 is 15.2 Å².